The molecule has 12 aliphatic carbocycles. The Morgan fingerprint density at radius 1 is 0.370 bits per heavy atom. The summed E-state index contributed by atoms with van der Waals surface area (Å²) in [4.78, 5) is 0. The monoisotopic (exact) mass is 604 g/mol. The SMILES string of the molecule is C(#CC12CC3CC(C1)CC(C14CC5CC(C1)CC(C16CC7CC(CC(C#Cc8ccccc8)(C7)C1)C6)(C5)C4)(C3)C2)c1ccccc1. The average molecular weight is 605 g/mol. The Morgan fingerprint density at radius 2 is 0.674 bits per heavy atom. The standard InChI is InChI=1S/C46H52/c1-3-7-33(8-4-1)11-13-41-18-35-15-36(19-41)23-43(22-35,30-41)45-26-39-17-40(27-45)29-46(28-39,32-45)44-24-37-16-38(25-44)21-42(20-37,31-44)14-12-34-9-5-2-6-10-34/h1-10,35-40H,15-32H2. The largest absolute Gasteiger partial charge is 0.0910 e. The van der Waals surface area contributed by atoms with E-state index < -0.39 is 0 Å². The number of hydrogen-bond acceptors (Lipinski definition) is 0. The van der Waals surface area contributed by atoms with Gasteiger partial charge in [0.2, 0.25) is 0 Å². The summed E-state index contributed by atoms with van der Waals surface area (Å²) < 4.78 is 0. The fraction of sp³-hybridized carbons (Fsp3) is 0.652. The van der Waals surface area contributed by atoms with Gasteiger partial charge < -0.3 is 0 Å². The van der Waals surface area contributed by atoms with E-state index in [1.165, 1.54) is 62.5 Å². The Kier molecular flexibility index (Phi) is 5.48. The fourth-order valence-corrected chi connectivity index (χ4v) is 17.0. The summed E-state index contributed by atoms with van der Waals surface area (Å²) >= 11 is 0. The molecule has 0 aliphatic heterocycles. The lowest BCUT2D eigenvalue weighted by atomic mass is 9.27. The molecule has 0 amide bonds. The van der Waals surface area contributed by atoms with Gasteiger partial charge in [0.05, 0.1) is 0 Å². The summed E-state index contributed by atoms with van der Waals surface area (Å²) in [6, 6.07) is 21.9. The number of benzene rings is 2. The predicted molar refractivity (Wildman–Crippen MR) is 185 cm³/mol. The molecule has 0 radical (unpaired) electrons. The lowest BCUT2D eigenvalue weighted by molar-refractivity contribution is -0.275. The van der Waals surface area contributed by atoms with Crippen molar-refractivity contribution in [2.24, 2.45) is 68.0 Å². The molecule has 12 fully saturated rings. The van der Waals surface area contributed by atoms with Crippen molar-refractivity contribution >= 4 is 0 Å². The highest BCUT2D eigenvalue weighted by Crippen LogP contribution is 2.83. The van der Waals surface area contributed by atoms with Crippen LogP contribution in [-0.4, -0.2) is 0 Å². The second-order valence-electron chi connectivity index (χ2n) is 19.8. The molecule has 0 heteroatoms. The summed E-state index contributed by atoms with van der Waals surface area (Å²) in [5.41, 5.74) is 5.36. The summed E-state index contributed by atoms with van der Waals surface area (Å²) in [5, 5.41) is 0. The summed E-state index contributed by atoms with van der Waals surface area (Å²) in [6.45, 7) is 0. The van der Waals surface area contributed by atoms with Crippen LogP contribution in [0.15, 0.2) is 60.7 Å². The third-order valence-electron chi connectivity index (χ3n) is 16.9. The van der Waals surface area contributed by atoms with Crippen LogP contribution in [0.2, 0.25) is 0 Å². The molecule has 0 aromatic heterocycles. The van der Waals surface area contributed by atoms with Crippen molar-refractivity contribution in [3.8, 4) is 23.7 Å². The molecular weight excluding hydrogens is 553 g/mol. The quantitative estimate of drug-likeness (QED) is 0.299. The summed E-state index contributed by atoms with van der Waals surface area (Å²) in [7, 11) is 0. The van der Waals surface area contributed by atoms with E-state index in [-0.39, 0.29) is 10.8 Å². The van der Waals surface area contributed by atoms with Gasteiger partial charge in [0, 0.05) is 22.0 Å². The number of hydrogen-bond donors (Lipinski definition) is 0. The van der Waals surface area contributed by atoms with Gasteiger partial charge in [-0.2, -0.15) is 0 Å². The Balaban J connectivity index is 0.974. The molecule has 46 heavy (non-hydrogen) atoms. The van der Waals surface area contributed by atoms with Crippen LogP contribution < -0.4 is 0 Å². The summed E-state index contributed by atoms with van der Waals surface area (Å²) in [5.74, 6) is 21.4. The van der Waals surface area contributed by atoms with Crippen molar-refractivity contribution in [3.05, 3.63) is 71.8 Å². The van der Waals surface area contributed by atoms with Gasteiger partial charge in [0.15, 0.2) is 0 Å². The van der Waals surface area contributed by atoms with E-state index in [1.807, 2.05) is 0 Å². The first-order chi connectivity index (χ1) is 22.4. The molecule has 4 unspecified atom stereocenters. The maximum absolute atomic E-state index is 4.09. The molecule has 0 saturated heterocycles. The van der Waals surface area contributed by atoms with Crippen LogP contribution >= 0.6 is 0 Å². The Labute approximate surface area is 278 Å². The van der Waals surface area contributed by atoms with Crippen molar-refractivity contribution in [1.29, 1.82) is 0 Å². The third kappa shape index (κ3) is 3.83. The topological polar surface area (TPSA) is 0 Å². The maximum atomic E-state index is 4.09. The second-order valence-corrected chi connectivity index (χ2v) is 19.8. The minimum atomic E-state index is 0.286. The van der Waals surface area contributed by atoms with E-state index in [2.05, 4.69) is 84.3 Å². The second kappa shape index (κ2) is 9.16. The molecule has 236 valence electrons. The van der Waals surface area contributed by atoms with E-state index in [0.717, 1.165) is 35.5 Å². The highest BCUT2D eigenvalue weighted by atomic mass is 14.8. The van der Waals surface area contributed by atoms with Gasteiger partial charge in [0.1, 0.15) is 0 Å². The maximum Gasteiger partial charge on any atom is 0.0329 e. The predicted octanol–water partition coefficient (Wildman–Crippen LogP) is 10.8. The van der Waals surface area contributed by atoms with E-state index in [0.29, 0.717) is 21.7 Å². The van der Waals surface area contributed by atoms with Gasteiger partial charge in [-0.15, -0.1) is 0 Å². The smallest absolute Gasteiger partial charge is 0.0329 e. The van der Waals surface area contributed by atoms with Gasteiger partial charge in [-0.1, -0.05) is 60.1 Å². The first kappa shape index (κ1) is 27.5. The molecule has 12 saturated carbocycles. The summed E-state index contributed by atoms with van der Waals surface area (Å²) in [6.07, 6.45) is 27.2. The molecule has 0 spiro atoms. The van der Waals surface area contributed by atoms with E-state index in [4.69, 9.17) is 0 Å². The van der Waals surface area contributed by atoms with Crippen LogP contribution in [0.1, 0.15) is 127 Å². The van der Waals surface area contributed by atoms with Crippen LogP contribution in [0.5, 0.6) is 0 Å². The van der Waals surface area contributed by atoms with Crippen molar-refractivity contribution in [2.75, 3.05) is 0 Å². The lowest BCUT2D eigenvalue weighted by Crippen LogP contribution is -2.68. The Hall–Kier alpha value is -2.44. The highest BCUT2D eigenvalue weighted by Gasteiger charge is 2.74. The molecule has 4 atom stereocenters. The molecule has 2 aromatic carbocycles. The van der Waals surface area contributed by atoms with Crippen molar-refractivity contribution in [3.63, 3.8) is 0 Å². The van der Waals surface area contributed by atoms with Gasteiger partial charge in [-0.25, -0.2) is 0 Å². The molecule has 0 nitrogen and oxygen atoms in total. The Bertz CT molecular complexity index is 1520. The molecule has 0 N–H and O–H groups in total. The van der Waals surface area contributed by atoms with Gasteiger partial charge >= 0.3 is 0 Å². The third-order valence-corrected chi connectivity index (χ3v) is 16.9. The van der Waals surface area contributed by atoms with Crippen LogP contribution in [0.25, 0.3) is 0 Å². The van der Waals surface area contributed by atoms with Crippen LogP contribution in [0, 0.1) is 91.7 Å². The molecule has 12 bridgehead atoms. The molecule has 14 rings (SSSR count). The van der Waals surface area contributed by atoms with Crippen molar-refractivity contribution in [1.82, 2.24) is 0 Å². The van der Waals surface area contributed by atoms with Crippen molar-refractivity contribution < 1.29 is 0 Å². The fourth-order valence-electron chi connectivity index (χ4n) is 17.0. The van der Waals surface area contributed by atoms with Crippen LogP contribution in [-0.2, 0) is 0 Å². The zero-order valence-corrected chi connectivity index (χ0v) is 28.0. The number of rotatable bonds is 2. The van der Waals surface area contributed by atoms with Crippen LogP contribution in [0.4, 0.5) is 0 Å². The normalized spacial score (nSPS) is 51.4. The van der Waals surface area contributed by atoms with Gasteiger partial charge in [-0.05, 0) is 197 Å². The Morgan fingerprint density at radius 3 is 1.02 bits per heavy atom. The minimum Gasteiger partial charge on any atom is -0.0910 e. The zero-order chi connectivity index (χ0) is 30.2. The van der Waals surface area contributed by atoms with E-state index in [1.54, 1.807) is 64.2 Å². The van der Waals surface area contributed by atoms with Gasteiger partial charge in [0.25, 0.3) is 0 Å². The zero-order valence-electron chi connectivity index (χ0n) is 28.0. The van der Waals surface area contributed by atoms with E-state index in [9.17, 15) is 0 Å². The lowest BCUT2D eigenvalue weighted by Gasteiger charge is -2.77. The van der Waals surface area contributed by atoms with Crippen LogP contribution in [0.3, 0.4) is 0 Å². The minimum absolute atomic E-state index is 0.286. The highest BCUT2D eigenvalue weighted by molar-refractivity contribution is 5.39. The van der Waals surface area contributed by atoms with Crippen molar-refractivity contribution in [2.45, 2.75) is 116 Å². The molecule has 12 aliphatic rings. The molecule has 0 heterocycles. The van der Waals surface area contributed by atoms with Gasteiger partial charge in [-0.3, -0.25) is 0 Å². The average Bonchev–Trinajstić information content (AvgIpc) is 3.02. The molecule has 2 aromatic rings. The molecular formula is C46H52. The van der Waals surface area contributed by atoms with E-state index >= 15 is 0 Å². The first-order valence-corrected chi connectivity index (χ1v) is 19.5. The first-order valence-electron chi connectivity index (χ1n) is 19.5.